The van der Waals surface area contributed by atoms with Crippen molar-refractivity contribution in [2.45, 2.75) is 69.6 Å². The van der Waals surface area contributed by atoms with Gasteiger partial charge < -0.3 is 31.0 Å². The van der Waals surface area contributed by atoms with E-state index in [4.69, 9.17) is 10.1 Å². The third kappa shape index (κ3) is 7.01. The largest absolute Gasteiger partial charge is 0.494 e. The van der Waals surface area contributed by atoms with Crippen molar-refractivity contribution < 1.29 is 22.7 Å². The van der Waals surface area contributed by atoms with Crippen LogP contribution in [0.25, 0.3) is 0 Å². The van der Waals surface area contributed by atoms with Gasteiger partial charge in [-0.2, -0.15) is 13.2 Å². The summed E-state index contributed by atoms with van der Waals surface area (Å²) < 4.78 is 44.5. The predicted molar refractivity (Wildman–Crippen MR) is 150 cm³/mol. The van der Waals surface area contributed by atoms with E-state index in [1.54, 1.807) is 12.3 Å². The summed E-state index contributed by atoms with van der Waals surface area (Å²) in [7, 11) is 1.40. The van der Waals surface area contributed by atoms with E-state index in [0.29, 0.717) is 23.1 Å². The molecule has 0 aromatic carbocycles. The van der Waals surface area contributed by atoms with E-state index in [0.717, 1.165) is 50.9 Å². The second kappa shape index (κ2) is 12.4. The summed E-state index contributed by atoms with van der Waals surface area (Å²) in [6.07, 6.45) is 9.81. The minimum atomic E-state index is -4.66. The SMILES string of the molecule is COC1=CC(=N)/C(=C\NC2CCC(N3CCC4(CCNCC4)CC3)CC2)C=C1NC(=O)c1cccc(C(F)(F)F)n1. The van der Waals surface area contributed by atoms with Gasteiger partial charge in [0.2, 0.25) is 0 Å². The molecule has 4 N–H and O–H groups in total. The number of halogens is 3. The Kier molecular flexibility index (Phi) is 8.84. The Hall–Kier alpha value is -3.18. The van der Waals surface area contributed by atoms with Crippen molar-refractivity contribution in [2.75, 3.05) is 33.3 Å². The maximum Gasteiger partial charge on any atom is 0.433 e. The van der Waals surface area contributed by atoms with Crippen LogP contribution in [0.15, 0.2) is 53.6 Å². The standard InChI is InChI=1S/C30H39F3N6O2/c1-41-26-18-23(34)20(17-25(26)38-28(40)24-3-2-4-27(37-24)30(31,32)33)19-36-21-5-7-22(8-6-21)39-15-11-29(12-16-39)9-13-35-14-10-29/h2-4,17-19,21-22,34-36H,5-16H2,1H3,(H,38,40)/b20-19-,34-23?. The lowest BCUT2D eigenvalue weighted by atomic mass is 9.71. The first-order valence-corrected chi connectivity index (χ1v) is 14.5. The molecule has 3 heterocycles. The number of alkyl halides is 3. The van der Waals surface area contributed by atoms with Gasteiger partial charge in [0.25, 0.3) is 5.91 Å². The molecule has 1 amide bonds. The number of allylic oxidation sites excluding steroid dienone is 3. The summed E-state index contributed by atoms with van der Waals surface area (Å²) in [5.74, 6) is -0.561. The zero-order valence-corrected chi connectivity index (χ0v) is 23.4. The van der Waals surface area contributed by atoms with E-state index in [2.05, 4.69) is 25.8 Å². The Morgan fingerprint density at radius 2 is 1.83 bits per heavy atom. The van der Waals surface area contributed by atoms with Gasteiger partial charge in [-0.15, -0.1) is 0 Å². The molecule has 2 aliphatic carbocycles. The molecule has 11 heteroatoms. The van der Waals surface area contributed by atoms with Gasteiger partial charge in [-0.25, -0.2) is 4.98 Å². The topological polar surface area (TPSA) is 102 Å². The number of rotatable bonds is 6. The lowest BCUT2D eigenvalue weighted by Gasteiger charge is -2.47. The van der Waals surface area contributed by atoms with Crippen LogP contribution in [0.3, 0.4) is 0 Å². The molecule has 0 radical (unpaired) electrons. The number of hydrogen-bond donors (Lipinski definition) is 4. The summed E-state index contributed by atoms with van der Waals surface area (Å²) in [5.41, 5.74) is 0.0569. The van der Waals surface area contributed by atoms with Crippen LogP contribution in [0.1, 0.15) is 67.5 Å². The first-order chi connectivity index (χ1) is 19.7. The van der Waals surface area contributed by atoms with Crippen molar-refractivity contribution in [3.63, 3.8) is 0 Å². The van der Waals surface area contributed by atoms with Crippen LogP contribution >= 0.6 is 0 Å². The number of pyridine rings is 1. The third-order valence-corrected chi connectivity index (χ3v) is 9.10. The van der Waals surface area contributed by atoms with Gasteiger partial charge in [0.05, 0.1) is 18.5 Å². The number of carbonyl (C=O) groups excluding carboxylic acids is 1. The first kappa shape index (κ1) is 29.3. The number of ether oxygens (including phenoxy) is 1. The lowest BCUT2D eigenvalue weighted by Crippen LogP contribution is -2.50. The first-order valence-electron chi connectivity index (χ1n) is 14.5. The van der Waals surface area contributed by atoms with Gasteiger partial charge in [-0.1, -0.05) is 6.07 Å². The second-order valence-electron chi connectivity index (χ2n) is 11.6. The molecule has 0 bridgehead atoms. The number of hydrogen-bond acceptors (Lipinski definition) is 7. The molecule has 2 aliphatic heterocycles. The molecule has 4 aliphatic rings. The molecule has 0 unspecified atom stereocenters. The van der Waals surface area contributed by atoms with Gasteiger partial charge >= 0.3 is 6.18 Å². The number of amides is 1. The van der Waals surface area contributed by atoms with Crippen LogP contribution < -0.4 is 16.0 Å². The van der Waals surface area contributed by atoms with Gasteiger partial charge in [0, 0.05) is 29.9 Å². The van der Waals surface area contributed by atoms with Crippen molar-refractivity contribution in [1.29, 1.82) is 5.41 Å². The van der Waals surface area contributed by atoms with E-state index >= 15 is 0 Å². The maximum atomic E-state index is 13.0. The van der Waals surface area contributed by atoms with E-state index in [1.807, 2.05) is 0 Å². The predicted octanol–water partition coefficient (Wildman–Crippen LogP) is 4.53. The zero-order valence-electron chi connectivity index (χ0n) is 23.4. The van der Waals surface area contributed by atoms with E-state index in [9.17, 15) is 18.0 Å². The van der Waals surface area contributed by atoms with Crippen LogP contribution in [-0.4, -0.2) is 66.9 Å². The molecular weight excluding hydrogens is 533 g/mol. The number of methoxy groups -OCH3 is 1. The van der Waals surface area contributed by atoms with Crippen molar-refractivity contribution in [3.8, 4) is 0 Å². The Bertz CT molecular complexity index is 1220. The molecule has 5 rings (SSSR count). The Labute approximate surface area is 239 Å². The Morgan fingerprint density at radius 1 is 1.12 bits per heavy atom. The number of carbonyl (C=O) groups is 1. The highest BCUT2D eigenvalue weighted by Crippen LogP contribution is 2.41. The molecule has 41 heavy (non-hydrogen) atoms. The maximum absolute atomic E-state index is 13.0. The number of nitrogens with one attached hydrogen (secondary N) is 4. The van der Waals surface area contributed by atoms with Gasteiger partial charge in [0.15, 0.2) is 0 Å². The summed E-state index contributed by atoms with van der Waals surface area (Å²) in [6.45, 7) is 4.71. The number of piperidine rings is 2. The summed E-state index contributed by atoms with van der Waals surface area (Å²) in [4.78, 5) is 18.9. The molecule has 222 valence electrons. The van der Waals surface area contributed by atoms with Crippen LogP contribution in [0.5, 0.6) is 0 Å². The third-order valence-electron chi connectivity index (χ3n) is 9.10. The van der Waals surface area contributed by atoms with Crippen LogP contribution in [-0.2, 0) is 10.9 Å². The fraction of sp³-hybridized carbons (Fsp3) is 0.567. The summed E-state index contributed by atoms with van der Waals surface area (Å²) in [5, 5.41) is 18.0. The molecule has 8 nitrogen and oxygen atoms in total. The average Bonchev–Trinajstić information content (AvgIpc) is 2.98. The van der Waals surface area contributed by atoms with Crippen LogP contribution in [0, 0.1) is 10.8 Å². The minimum Gasteiger partial charge on any atom is -0.494 e. The fourth-order valence-electron chi connectivity index (χ4n) is 6.52. The normalized spacial score (nSPS) is 26.3. The fourth-order valence-corrected chi connectivity index (χ4v) is 6.52. The van der Waals surface area contributed by atoms with E-state index < -0.39 is 17.8 Å². The molecule has 2 saturated heterocycles. The highest BCUT2D eigenvalue weighted by atomic mass is 19.4. The summed E-state index contributed by atoms with van der Waals surface area (Å²) >= 11 is 0. The molecule has 0 atom stereocenters. The smallest absolute Gasteiger partial charge is 0.433 e. The molecular formula is C30H39F3N6O2. The quantitative estimate of drug-likeness (QED) is 0.400. The second-order valence-corrected chi connectivity index (χ2v) is 11.6. The van der Waals surface area contributed by atoms with Crippen LogP contribution in [0.2, 0.25) is 0 Å². The molecule has 1 aromatic heterocycles. The Morgan fingerprint density at radius 3 is 2.49 bits per heavy atom. The van der Waals surface area contributed by atoms with Gasteiger partial charge in [-0.05, 0) is 101 Å². The van der Waals surface area contributed by atoms with E-state index in [1.165, 1.54) is 58.0 Å². The highest BCUT2D eigenvalue weighted by Gasteiger charge is 2.38. The summed E-state index contributed by atoms with van der Waals surface area (Å²) in [6, 6.07) is 4.10. The Balaban J connectivity index is 1.16. The van der Waals surface area contributed by atoms with Crippen molar-refractivity contribution in [3.05, 3.63) is 65.0 Å². The lowest BCUT2D eigenvalue weighted by molar-refractivity contribution is -0.141. The van der Waals surface area contributed by atoms with Crippen molar-refractivity contribution in [2.24, 2.45) is 5.41 Å². The number of aromatic nitrogens is 1. The van der Waals surface area contributed by atoms with Crippen molar-refractivity contribution in [1.82, 2.24) is 25.8 Å². The number of likely N-dealkylation sites (tertiary alicyclic amines) is 1. The zero-order chi connectivity index (χ0) is 29.0. The number of nitrogens with zero attached hydrogens (tertiary/aromatic N) is 2. The van der Waals surface area contributed by atoms with Crippen LogP contribution in [0.4, 0.5) is 13.2 Å². The van der Waals surface area contributed by atoms with Gasteiger partial charge in [-0.3, -0.25) is 4.79 Å². The molecule has 1 saturated carbocycles. The molecule has 1 aromatic rings. The highest BCUT2D eigenvalue weighted by molar-refractivity contribution is 6.10. The minimum absolute atomic E-state index is 0.207. The monoisotopic (exact) mass is 572 g/mol. The van der Waals surface area contributed by atoms with E-state index in [-0.39, 0.29) is 22.9 Å². The van der Waals surface area contributed by atoms with Crippen molar-refractivity contribution >= 4 is 11.6 Å². The molecule has 3 fully saturated rings. The molecule has 1 spiro atoms. The van der Waals surface area contributed by atoms with Gasteiger partial charge in [0.1, 0.15) is 17.1 Å². The average molecular weight is 573 g/mol.